The molecule has 0 aromatic heterocycles. The Bertz CT molecular complexity index is 363. The predicted octanol–water partition coefficient (Wildman–Crippen LogP) is 2.68. The third-order valence-corrected chi connectivity index (χ3v) is 2.81. The summed E-state index contributed by atoms with van der Waals surface area (Å²) in [6.45, 7) is 6.60. The van der Waals surface area contributed by atoms with E-state index in [1.807, 2.05) is 49.9 Å². The first kappa shape index (κ1) is 12.6. The highest BCUT2D eigenvalue weighted by Crippen LogP contribution is 2.22. The molecule has 1 N–H and O–H groups in total. The smallest absolute Gasteiger partial charge is 0.326 e. The van der Waals surface area contributed by atoms with E-state index < -0.39 is 12.0 Å². The Morgan fingerprint density at radius 2 is 2.00 bits per heavy atom. The minimum absolute atomic E-state index is 0.439. The third-order valence-electron chi connectivity index (χ3n) is 2.81. The number of likely N-dealkylation sites (N-methyl/N-ethyl adjacent to an activating group) is 1. The van der Waals surface area contributed by atoms with Crippen LogP contribution in [0.2, 0.25) is 0 Å². The molecule has 0 aliphatic rings. The lowest BCUT2D eigenvalue weighted by Crippen LogP contribution is -2.41. The lowest BCUT2D eigenvalue weighted by Gasteiger charge is -2.30. The first-order valence-corrected chi connectivity index (χ1v) is 5.66. The molecule has 1 rings (SSSR count). The number of rotatable bonds is 5. The van der Waals surface area contributed by atoms with E-state index in [-0.39, 0.29) is 0 Å². The van der Waals surface area contributed by atoms with Gasteiger partial charge in [-0.3, -0.25) is 0 Å². The zero-order valence-electron chi connectivity index (χ0n) is 10.1. The Hall–Kier alpha value is -1.51. The van der Waals surface area contributed by atoms with Crippen LogP contribution in [0.4, 0.5) is 5.69 Å². The van der Waals surface area contributed by atoms with Gasteiger partial charge in [0.2, 0.25) is 0 Å². The van der Waals surface area contributed by atoms with Gasteiger partial charge in [-0.25, -0.2) is 4.79 Å². The van der Waals surface area contributed by atoms with Crippen LogP contribution in [0.1, 0.15) is 25.8 Å². The molecule has 3 nitrogen and oxygen atoms in total. The number of aryl methyl sites for hydroxylation is 1. The molecule has 0 saturated carbocycles. The molecule has 16 heavy (non-hydrogen) atoms. The van der Waals surface area contributed by atoms with Crippen molar-refractivity contribution in [3.05, 3.63) is 29.8 Å². The van der Waals surface area contributed by atoms with Crippen molar-refractivity contribution in [2.45, 2.75) is 33.2 Å². The fourth-order valence-corrected chi connectivity index (χ4v) is 1.97. The number of para-hydroxylation sites is 1. The number of benzene rings is 1. The van der Waals surface area contributed by atoms with Crippen molar-refractivity contribution in [1.29, 1.82) is 0 Å². The van der Waals surface area contributed by atoms with E-state index >= 15 is 0 Å². The Balaban J connectivity index is 3.06. The van der Waals surface area contributed by atoms with E-state index in [9.17, 15) is 9.90 Å². The van der Waals surface area contributed by atoms with Crippen LogP contribution >= 0.6 is 0 Å². The van der Waals surface area contributed by atoms with Gasteiger partial charge in [-0.1, -0.05) is 25.1 Å². The average molecular weight is 221 g/mol. The van der Waals surface area contributed by atoms with E-state index in [0.717, 1.165) is 11.3 Å². The maximum absolute atomic E-state index is 11.2. The third kappa shape index (κ3) is 2.54. The number of anilines is 1. The number of hydrogen-bond donors (Lipinski definition) is 1. The van der Waals surface area contributed by atoms with Crippen LogP contribution in [0.5, 0.6) is 0 Å². The van der Waals surface area contributed by atoms with Crippen molar-refractivity contribution >= 4 is 11.7 Å². The molecular formula is C13H19NO2. The van der Waals surface area contributed by atoms with Gasteiger partial charge < -0.3 is 10.0 Å². The average Bonchev–Trinajstić information content (AvgIpc) is 2.26. The number of carboxylic acids is 1. The highest BCUT2D eigenvalue weighted by molar-refractivity contribution is 5.78. The SMILES string of the molecule is CC[C@H](C(=O)O)N(CC)c1ccccc1C. The molecule has 0 spiro atoms. The van der Waals surface area contributed by atoms with Gasteiger partial charge in [0.15, 0.2) is 0 Å². The summed E-state index contributed by atoms with van der Waals surface area (Å²) in [4.78, 5) is 13.1. The molecule has 0 bridgehead atoms. The fourth-order valence-electron chi connectivity index (χ4n) is 1.97. The normalized spacial score (nSPS) is 12.2. The first-order chi connectivity index (χ1) is 7.61. The maximum Gasteiger partial charge on any atom is 0.326 e. The standard InChI is InChI=1S/C13H19NO2/c1-4-11(13(15)16)14(5-2)12-9-7-6-8-10(12)3/h6-9,11H,4-5H2,1-3H3,(H,15,16)/t11-/m1/s1. The van der Waals surface area contributed by atoms with Crippen molar-refractivity contribution in [3.63, 3.8) is 0 Å². The topological polar surface area (TPSA) is 40.5 Å². The lowest BCUT2D eigenvalue weighted by atomic mass is 10.1. The van der Waals surface area contributed by atoms with Crippen molar-refractivity contribution < 1.29 is 9.90 Å². The van der Waals surface area contributed by atoms with Crippen LogP contribution in [-0.2, 0) is 4.79 Å². The molecule has 1 atom stereocenters. The molecule has 0 aliphatic heterocycles. The van der Waals surface area contributed by atoms with Gasteiger partial charge in [-0.2, -0.15) is 0 Å². The summed E-state index contributed by atoms with van der Waals surface area (Å²) in [5.74, 6) is -0.757. The molecule has 88 valence electrons. The summed E-state index contributed by atoms with van der Waals surface area (Å²) >= 11 is 0. The number of carboxylic acid groups (broad SMARTS) is 1. The van der Waals surface area contributed by atoms with E-state index in [1.165, 1.54) is 0 Å². The molecule has 0 aliphatic carbocycles. The fraction of sp³-hybridized carbons (Fsp3) is 0.462. The molecular weight excluding hydrogens is 202 g/mol. The first-order valence-electron chi connectivity index (χ1n) is 5.66. The van der Waals surface area contributed by atoms with Gasteiger partial charge in [0.1, 0.15) is 6.04 Å². The molecule has 3 heteroatoms. The van der Waals surface area contributed by atoms with Crippen molar-refractivity contribution in [1.82, 2.24) is 0 Å². The second-order valence-corrected chi connectivity index (χ2v) is 3.83. The van der Waals surface area contributed by atoms with E-state index in [4.69, 9.17) is 0 Å². The maximum atomic E-state index is 11.2. The molecule has 0 saturated heterocycles. The van der Waals surface area contributed by atoms with Crippen molar-refractivity contribution in [2.24, 2.45) is 0 Å². The zero-order chi connectivity index (χ0) is 12.1. The summed E-state index contributed by atoms with van der Waals surface area (Å²) in [6.07, 6.45) is 0.609. The Kier molecular flexibility index (Phi) is 4.35. The summed E-state index contributed by atoms with van der Waals surface area (Å²) < 4.78 is 0. The second kappa shape index (κ2) is 5.54. The van der Waals surface area contributed by atoms with Crippen molar-refractivity contribution in [3.8, 4) is 0 Å². The number of hydrogen-bond acceptors (Lipinski definition) is 2. The largest absolute Gasteiger partial charge is 0.480 e. The van der Waals surface area contributed by atoms with E-state index in [1.54, 1.807) is 0 Å². The summed E-state index contributed by atoms with van der Waals surface area (Å²) in [5.41, 5.74) is 2.13. The summed E-state index contributed by atoms with van der Waals surface area (Å²) in [6, 6.07) is 7.46. The van der Waals surface area contributed by atoms with Gasteiger partial charge in [0.25, 0.3) is 0 Å². The lowest BCUT2D eigenvalue weighted by molar-refractivity contribution is -0.138. The molecule has 0 heterocycles. The monoisotopic (exact) mass is 221 g/mol. The molecule has 0 fully saturated rings. The minimum Gasteiger partial charge on any atom is -0.480 e. The number of aliphatic carboxylic acids is 1. The number of nitrogens with zero attached hydrogens (tertiary/aromatic N) is 1. The van der Waals surface area contributed by atoms with Gasteiger partial charge in [-0.15, -0.1) is 0 Å². The highest BCUT2D eigenvalue weighted by Gasteiger charge is 2.23. The molecule has 0 unspecified atom stereocenters. The Labute approximate surface area is 96.7 Å². The van der Waals surface area contributed by atoms with Crippen LogP contribution < -0.4 is 4.90 Å². The molecule has 1 aromatic rings. The van der Waals surface area contributed by atoms with Gasteiger partial charge in [0, 0.05) is 12.2 Å². The second-order valence-electron chi connectivity index (χ2n) is 3.83. The molecule has 0 radical (unpaired) electrons. The predicted molar refractivity (Wildman–Crippen MR) is 65.9 cm³/mol. The van der Waals surface area contributed by atoms with Crippen molar-refractivity contribution in [2.75, 3.05) is 11.4 Å². The van der Waals surface area contributed by atoms with Gasteiger partial charge in [-0.05, 0) is 31.9 Å². The van der Waals surface area contributed by atoms with Crippen LogP contribution in [0, 0.1) is 6.92 Å². The molecule has 0 amide bonds. The Morgan fingerprint density at radius 1 is 1.38 bits per heavy atom. The van der Waals surface area contributed by atoms with E-state index in [0.29, 0.717) is 13.0 Å². The van der Waals surface area contributed by atoms with Crippen LogP contribution in [0.15, 0.2) is 24.3 Å². The van der Waals surface area contributed by atoms with E-state index in [2.05, 4.69) is 0 Å². The van der Waals surface area contributed by atoms with Gasteiger partial charge >= 0.3 is 5.97 Å². The number of carbonyl (C=O) groups is 1. The van der Waals surface area contributed by atoms with Crippen LogP contribution in [-0.4, -0.2) is 23.7 Å². The minimum atomic E-state index is -0.757. The summed E-state index contributed by atoms with van der Waals surface area (Å²) in [7, 11) is 0. The van der Waals surface area contributed by atoms with Crippen LogP contribution in [0.3, 0.4) is 0 Å². The van der Waals surface area contributed by atoms with Crippen LogP contribution in [0.25, 0.3) is 0 Å². The van der Waals surface area contributed by atoms with Gasteiger partial charge in [0.05, 0.1) is 0 Å². The Morgan fingerprint density at radius 3 is 2.44 bits per heavy atom. The quantitative estimate of drug-likeness (QED) is 0.831. The highest BCUT2D eigenvalue weighted by atomic mass is 16.4. The zero-order valence-corrected chi connectivity index (χ0v) is 10.1. The summed E-state index contributed by atoms with van der Waals surface area (Å²) in [5, 5.41) is 9.19. The molecule has 1 aromatic carbocycles.